The third-order valence-electron chi connectivity index (χ3n) is 6.09. The molecule has 2 aliphatic carbocycles. The van der Waals surface area contributed by atoms with Crippen molar-refractivity contribution in [3.63, 3.8) is 0 Å². The number of halogens is 1. The van der Waals surface area contributed by atoms with Crippen molar-refractivity contribution in [3.8, 4) is 0 Å². The smallest absolute Gasteiger partial charge is 0.225 e. The number of nitrogens with zero attached hydrogens (tertiary/aromatic N) is 1. The number of piperidine rings is 1. The Kier molecular flexibility index (Phi) is 6.54. The number of likely N-dealkylation sites (tertiary alicyclic amines) is 1. The molecule has 1 aliphatic heterocycles. The lowest BCUT2D eigenvalue weighted by molar-refractivity contribution is -0.140. The second kappa shape index (κ2) is 7.98. The average Bonchev–Trinajstić information content (AvgIpc) is 2.47. The number of methoxy groups -OCH3 is 1. The summed E-state index contributed by atoms with van der Waals surface area (Å²) in [6.45, 7) is 2.68. The van der Waals surface area contributed by atoms with E-state index >= 15 is 0 Å². The zero-order valence-electron chi connectivity index (χ0n) is 13.7. The highest BCUT2D eigenvalue weighted by atomic mass is 35.5. The van der Waals surface area contributed by atoms with E-state index in [0.717, 1.165) is 45.4 Å². The lowest BCUT2D eigenvalue weighted by Crippen LogP contribution is -2.50. The molecular weight excluding hydrogens is 300 g/mol. The molecule has 2 atom stereocenters. The Morgan fingerprint density at radius 1 is 1.14 bits per heavy atom. The topological polar surface area (TPSA) is 55.6 Å². The summed E-state index contributed by atoms with van der Waals surface area (Å²) in [5, 5.41) is 0. The van der Waals surface area contributed by atoms with E-state index in [2.05, 4.69) is 4.90 Å². The molecule has 0 aromatic rings. The Labute approximate surface area is 140 Å². The quantitative estimate of drug-likeness (QED) is 0.864. The molecule has 0 aromatic carbocycles. The van der Waals surface area contributed by atoms with Gasteiger partial charge in [0.15, 0.2) is 0 Å². The first-order valence-electron chi connectivity index (χ1n) is 8.72. The standard InChI is InChI=1S/C17H30N2O2.ClH/c1-21-11-12-5-7-19(8-6-12)17(20)15-9-13-3-2-4-14(10-15)16(13)18;/h12-16H,2-11,18H2,1H3;1H. The first-order valence-corrected chi connectivity index (χ1v) is 8.72. The number of amides is 1. The largest absolute Gasteiger partial charge is 0.384 e. The molecule has 128 valence electrons. The molecular formula is C17H31ClN2O2. The summed E-state index contributed by atoms with van der Waals surface area (Å²) in [5.74, 6) is 2.49. The van der Waals surface area contributed by atoms with Crippen molar-refractivity contribution in [1.29, 1.82) is 0 Å². The third kappa shape index (κ3) is 3.77. The van der Waals surface area contributed by atoms with Crippen molar-refractivity contribution in [3.05, 3.63) is 0 Å². The maximum Gasteiger partial charge on any atom is 0.225 e. The molecule has 1 heterocycles. The Morgan fingerprint density at radius 3 is 2.27 bits per heavy atom. The molecule has 0 radical (unpaired) electrons. The molecule has 3 aliphatic rings. The fourth-order valence-corrected chi connectivity index (χ4v) is 4.80. The minimum atomic E-state index is 0. The van der Waals surface area contributed by atoms with Crippen molar-refractivity contribution in [2.75, 3.05) is 26.8 Å². The van der Waals surface area contributed by atoms with Gasteiger partial charge in [-0.2, -0.15) is 0 Å². The van der Waals surface area contributed by atoms with E-state index in [4.69, 9.17) is 10.5 Å². The van der Waals surface area contributed by atoms with Gasteiger partial charge in [-0.05, 0) is 56.3 Å². The van der Waals surface area contributed by atoms with Gasteiger partial charge >= 0.3 is 0 Å². The van der Waals surface area contributed by atoms with Gasteiger partial charge in [0.25, 0.3) is 0 Å². The highest BCUT2D eigenvalue weighted by Gasteiger charge is 2.41. The number of rotatable bonds is 3. The van der Waals surface area contributed by atoms with Crippen LogP contribution in [0.5, 0.6) is 0 Å². The maximum absolute atomic E-state index is 12.8. The fraction of sp³-hybridized carbons (Fsp3) is 0.941. The molecule has 2 N–H and O–H groups in total. The fourth-order valence-electron chi connectivity index (χ4n) is 4.80. The van der Waals surface area contributed by atoms with Crippen LogP contribution in [0.25, 0.3) is 0 Å². The summed E-state index contributed by atoms with van der Waals surface area (Å²) in [7, 11) is 1.77. The molecule has 2 saturated carbocycles. The van der Waals surface area contributed by atoms with E-state index in [9.17, 15) is 4.79 Å². The molecule has 2 unspecified atom stereocenters. The van der Waals surface area contributed by atoms with E-state index in [1.807, 2.05) is 0 Å². The van der Waals surface area contributed by atoms with E-state index in [1.54, 1.807) is 7.11 Å². The monoisotopic (exact) mass is 330 g/mol. The van der Waals surface area contributed by atoms with E-state index < -0.39 is 0 Å². The molecule has 1 amide bonds. The van der Waals surface area contributed by atoms with Crippen molar-refractivity contribution in [1.82, 2.24) is 4.90 Å². The third-order valence-corrected chi connectivity index (χ3v) is 6.09. The van der Waals surface area contributed by atoms with Crippen LogP contribution in [-0.2, 0) is 9.53 Å². The molecule has 1 saturated heterocycles. The predicted octanol–water partition coefficient (Wildman–Crippen LogP) is 2.45. The first-order chi connectivity index (χ1) is 10.2. The van der Waals surface area contributed by atoms with Crippen LogP contribution in [0.3, 0.4) is 0 Å². The summed E-state index contributed by atoms with van der Waals surface area (Å²) in [5.41, 5.74) is 6.34. The van der Waals surface area contributed by atoms with Crippen LogP contribution >= 0.6 is 12.4 Å². The lowest BCUT2D eigenvalue weighted by atomic mass is 9.65. The Morgan fingerprint density at radius 2 is 1.73 bits per heavy atom. The van der Waals surface area contributed by atoms with Crippen molar-refractivity contribution in [2.45, 2.75) is 51.0 Å². The van der Waals surface area contributed by atoms with Crippen LogP contribution in [0, 0.1) is 23.7 Å². The summed E-state index contributed by atoms with van der Waals surface area (Å²) in [6, 6.07) is 0.357. The predicted molar refractivity (Wildman–Crippen MR) is 90.0 cm³/mol. The van der Waals surface area contributed by atoms with Crippen LogP contribution in [0.1, 0.15) is 44.9 Å². The minimum Gasteiger partial charge on any atom is -0.384 e. The molecule has 3 fully saturated rings. The molecule has 5 heteroatoms. The molecule has 0 aromatic heterocycles. The number of ether oxygens (including phenoxy) is 1. The number of carbonyl (C=O) groups excluding carboxylic acids is 1. The van der Waals surface area contributed by atoms with Gasteiger partial charge in [-0.1, -0.05) is 6.42 Å². The average molecular weight is 331 g/mol. The lowest BCUT2D eigenvalue weighted by Gasteiger charge is -2.45. The highest BCUT2D eigenvalue weighted by molar-refractivity contribution is 5.85. The van der Waals surface area contributed by atoms with Crippen LogP contribution in [0.15, 0.2) is 0 Å². The highest BCUT2D eigenvalue weighted by Crippen LogP contribution is 2.42. The summed E-state index contributed by atoms with van der Waals surface area (Å²) >= 11 is 0. The zero-order valence-corrected chi connectivity index (χ0v) is 14.5. The Hall–Kier alpha value is -0.320. The van der Waals surface area contributed by atoms with Gasteiger partial charge in [0, 0.05) is 38.8 Å². The summed E-state index contributed by atoms with van der Waals surface area (Å²) < 4.78 is 5.24. The molecule has 3 rings (SSSR count). The normalized spacial score (nSPS) is 35.8. The van der Waals surface area contributed by atoms with E-state index in [-0.39, 0.29) is 18.3 Å². The van der Waals surface area contributed by atoms with Gasteiger partial charge < -0.3 is 15.4 Å². The second-order valence-corrected chi connectivity index (χ2v) is 7.42. The SMILES string of the molecule is COCC1CCN(C(=O)C2CC3CCCC(C2)C3N)CC1.Cl. The number of nitrogens with two attached hydrogens (primary N) is 1. The summed E-state index contributed by atoms with van der Waals surface area (Å²) in [6.07, 6.45) is 8.04. The van der Waals surface area contributed by atoms with Gasteiger partial charge in [-0.15, -0.1) is 12.4 Å². The number of hydrogen-bond acceptors (Lipinski definition) is 3. The Bertz CT molecular complexity index is 358. The zero-order chi connectivity index (χ0) is 14.8. The van der Waals surface area contributed by atoms with E-state index in [0.29, 0.717) is 29.7 Å². The Balaban J connectivity index is 0.00000176. The number of carbonyl (C=O) groups is 1. The first kappa shape index (κ1) is 18.0. The molecule has 4 nitrogen and oxygen atoms in total. The van der Waals surface area contributed by atoms with Gasteiger partial charge in [-0.25, -0.2) is 0 Å². The number of hydrogen-bond donors (Lipinski definition) is 1. The maximum atomic E-state index is 12.8. The second-order valence-electron chi connectivity index (χ2n) is 7.42. The molecule has 2 bridgehead atoms. The minimum absolute atomic E-state index is 0. The van der Waals surface area contributed by atoms with Gasteiger partial charge in [0.05, 0.1) is 0 Å². The van der Waals surface area contributed by atoms with Crippen molar-refractivity contribution < 1.29 is 9.53 Å². The van der Waals surface area contributed by atoms with Gasteiger partial charge in [0.1, 0.15) is 0 Å². The summed E-state index contributed by atoms with van der Waals surface area (Å²) in [4.78, 5) is 14.9. The molecule has 0 spiro atoms. The van der Waals surface area contributed by atoms with Crippen molar-refractivity contribution >= 4 is 18.3 Å². The number of fused-ring (bicyclic) bond motifs is 2. The van der Waals surface area contributed by atoms with E-state index in [1.165, 1.54) is 19.3 Å². The van der Waals surface area contributed by atoms with Crippen molar-refractivity contribution in [2.24, 2.45) is 29.4 Å². The van der Waals surface area contributed by atoms with Crippen LogP contribution in [0.2, 0.25) is 0 Å². The molecule has 22 heavy (non-hydrogen) atoms. The van der Waals surface area contributed by atoms with Gasteiger partial charge in [0.2, 0.25) is 5.91 Å². The van der Waals surface area contributed by atoms with Gasteiger partial charge in [-0.3, -0.25) is 4.79 Å². The van der Waals surface area contributed by atoms with Crippen LogP contribution in [0.4, 0.5) is 0 Å². The van der Waals surface area contributed by atoms with Crippen LogP contribution in [-0.4, -0.2) is 43.7 Å². The van der Waals surface area contributed by atoms with Crippen LogP contribution < -0.4 is 5.73 Å².